The number of hydrogen-bond acceptors (Lipinski definition) is 2. The normalized spacial score (nSPS) is 41.0. The number of carbonyl (C=O) groups excluding carboxylic acids is 2. The van der Waals surface area contributed by atoms with E-state index in [2.05, 4.69) is 25.2 Å². The first kappa shape index (κ1) is 19.1. The molecule has 0 saturated heterocycles. The summed E-state index contributed by atoms with van der Waals surface area (Å²) in [6.07, 6.45) is 11.0. The summed E-state index contributed by atoms with van der Waals surface area (Å²) in [5.74, 6) is 2.53. The van der Waals surface area contributed by atoms with E-state index in [1.54, 1.807) is 5.57 Å². The molecule has 0 bridgehead atoms. The molecule has 0 unspecified atom stereocenters. The number of rotatable bonds is 2. The molecule has 154 valence electrons. The van der Waals surface area contributed by atoms with Gasteiger partial charge in [0.15, 0.2) is 0 Å². The third-order valence-electron chi connectivity index (χ3n) is 9.18. The van der Waals surface area contributed by atoms with Crippen molar-refractivity contribution in [1.29, 1.82) is 0 Å². The van der Waals surface area contributed by atoms with Crippen LogP contribution in [-0.4, -0.2) is 17.7 Å². The highest BCUT2D eigenvalue weighted by Gasteiger charge is 2.58. The quantitative estimate of drug-likeness (QED) is 0.694. The average molecular weight is 392 g/mol. The Labute approximate surface area is 174 Å². The van der Waals surface area contributed by atoms with E-state index in [0.29, 0.717) is 23.5 Å². The molecule has 1 aromatic rings. The molecule has 1 N–H and O–H groups in total. The second-order valence-corrected chi connectivity index (χ2v) is 10.5. The zero-order chi connectivity index (χ0) is 20.2. The van der Waals surface area contributed by atoms with E-state index in [4.69, 9.17) is 0 Å². The number of benzene rings is 1. The SMILES string of the molecule is C[C@]12CC[C@H](NC(=O)c3ccccc3)CC1=CC[C@@H]1[C@@H]2CC[C@]2(C)C(=O)CC[C@@H]12. The summed E-state index contributed by atoms with van der Waals surface area (Å²) in [5, 5.41) is 3.28. The van der Waals surface area contributed by atoms with Crippen LogP contribution in [0.3, 0.4) is 0 Å². The predicted molar refractivity (Wildman–Crippen MR) is 114 cm³/mol. The van der Waals surface area contributed by atoms with Crippen LogP contribution in [0.4, 0.5) is 0 Å². The van der Waals surface area contributed by atoms with Crippen LogP contribution in [0.5, 0.6) is 0 Å². The zero-order valence-electron chi connectivity index (χ0n) is 17.7. The van der Waals surface area contributed by atoms with Crippen molar-refractivity contribution >= 4 is 11.7 Å². The molecule has 3 heteroatoms. The molecular formula is C26H33NO2. The lowest BCUT2D eigenvalue weighted by Crippen LogP contribution is -2.51. The van der Waals surface area contributed by atoms with Crippen LogP contribution in [-0.2, 0) is 4.79 Å². The Morgan fingerprint density at radius 1 is 1.00 bits per heavy atom. The first-order valence-corrected chi connectivity index (χ1v) is 11.5. The molecule has 0 aromatic heterocycles. The minimum atomic E-state index is -0.0519. The van der Waals surface area contributed by atoms with E-state index in [9.17, 15) is 9.59 Å². The fourth-order valence-electron chi connectivity index (χ4n) is 7.41. The summed E-state index contributed by atoms with van der Waals surface area (Å²) in [5.41, 5.74) is 2.51. The standard InChI is InChI=1S/C26H33NO2/c1-25-14-12-19(27-24(29)17-6-4-3-5-7-17)16-18(25)8-9-20-21-10-11-23(28)26(21,2)15-13-22(20)25/h3-8,19-22H,9-16H2,1-2H3,(H,27,29)/t19-,20-,21-,22-,25-,26-/m0/s1. The fourth-order valence-corrected chi connectivity index (χ4v) is 7.41. The van der Waals surface area contributed by atoms with E-state index in [1.807, 2.05) is 30.3 Å². The van der Waals surface area contributed by atoms with Crippen molar-refractivity contribution in [3.05, 3.63) is 47.5 Å². The first-order valence-electron chi connectivity index (χ1n) is 11.5. The molecule has 3 saturated carbocycles. The number of hydrogen-bond donors (Lipinski definition) is 1. The number of fused-ring (bicyclic) bond motifs is 5. The van der Waals surface area contributed by atoms with Gasteiger partial charge in [-0.05, 0) is 80.2 Å². The van der Waals surface area contributed by atoms with Crippen molar-refractivity contribution in [3.8, 4) is 0 Å². The first-order chi connectivity index (χ1) is 13.9. The molecule has 29 heavy (non-hydrogen) atoms. The molecule has 0 aliphatic heterocycles. The Balaban J connectivity index is 1.33. The Hall–Kier alpha value is -1.90. The molecule has 3 fully saturated rings. The monoisotopic (exact) mass is 391 g/mol. The van der Waals surface area contributed by atoms with Gasteiger partial charge >= 0.3 is 0 Å². The molecule has 3 nitrogen and oxygen atoms in total. The van der Waals surface area contributed by atoms with Crippen molar-refractivity contribution in [2.24, 2.45) is 28.6 Å². The van der Waals surface area contributed by atoms with E-state index in [0.717, 1.165) is 50.5 Å². The summed E-state index contributed by atoms with van der Waals surface area (Å²) in [4.78, 5) is 25.2. The van der Waals surface area contributed by atoms with E-state index in [1.165, 1.54) is 6.42 Å². The molecule has 4 aliphatic rings. The molecule has 0 heterocycles. The molecule has 6 atom stereocenters. The van der Waals surface area contributed by atoms with Gasteiger partial charge in [0.1, 0.15) is 5.78 Å². The van der Waals surface area contributed by atoms with Gasteiger partial charge in [0.2, 0.25) is 0 Å². The van der Waals surface area contributed by atoms with E-state index >= 15 is 0 Å². The zero-order valence-corrected chi connectivity index (χ0v) is 17.7. The largest absolute Gasteiger partial charge is 0.349 e. The predicted octanol–water partition coefficient (Wildman–Crippen LogP) is 5.32. The lowest BCUT2D eigenvalue weighted by Gasteiger charge is -2.57. The lowest BCUT2D eigenvalue weighted by molar-refractivity contribution is -0.131. The van der Waals surface area contributed by atoms with Crippen LogP contribution in [0.1, 0.15) is 75.6 Å². The number of allylic oxidation sites excluding steroid dienone is 1. The van der Waals surface area contributed by atoms with E-state index in [-0.39, 0.29) is 22.8 Å². The second kappa shape index (κ2) is 6.82. The van der Waals surface area contributed by atoms with Gasteiger partial charge in [-0.15, -0.1) is 0 Å². The van der Waals surface area contributed by atoms with Gasteiger partial charge in [0.25, 0.3) is 5.91 Å². The second-order valence-electron chi connectivity index (χ2n) is 10.5. The van der Waals surface area contributed by atoms with Gasteiger partial charge in [-0.2, -0.15) is 0 Å². The fraction of sp³-hybridized carbons (Fsp3) is 0.615. The number of amides is 1. The Kier molecular flexibility index (Phi) is 4.49. The summed E-state index contributed by atoms with van der Waals surface area (Å²) < 4.78 is 0. The van der Waals surface area contributed by atoms with Crippen molar-refractivity contribution in [3.63, 3.8) is 0 Å². The molecule has 1 amide bonds. The van der Waals surface area contributed by atoms with Crippen molar-refractivity contribution in [2.75, 3.05) is 0 Å². The van der Waals surface area contributed by atoms with Gasteiger partial charge in [0, 0.05) is 23.4 Å². The van der Waals surface area contributed by atoms with Gasteiger partial charge in [-0.1, -0.05) is 43.7 Å². The van der Waals surface area contributed by atoms with Crippen LogP contribution in [0.2, 0.25) is 0 Å². The number of Topliss-reactive ketones (excluding diaryl/α,β-unsaturated/α-hetero) is 1. The number of ketones is 1. The summed E-state index contributed by atoms with van der Waals surface area (Å²) >= 11 is 0. The molecule has 1 aromatic carbocycles. The topological polar surface area (TPSA) is 46.2 Å². The van der Waals surface area contributed by atoms with Crippen LogP contribution in [0.25, 0.3) is 0 Å². The third-order valence-corrected chi connectivity index (χ3v) is 9.18. The highest BCUT2D eigenvalue weighted by Crippen LogP contribution is 2.63. The molecule has 5 rings (SSSR count). The summed E-state index contributed by atoms with van der Waals surface area (Å²) in [7, 11) is 0. The average Bonchev–Trinajstić information content (AvgIpc) is 3.03. The molecule has 0 radical (unpaired) electrons. The maximum atomic E-state index is 12.6. The van der Waals surface area contributed by atoms with Crippen molar-refractivity contribution in [1.82, 2.24) is 5.32 Å². The van der Waals surface area contributed by atoms with E-state index < -0.39 is 0 Å². The summed E-state index contributed by atoms with van der Waals surface area (Å²) in [6, 6.07) is 9.78. The molecular weight excluding hydrogens is 358 g/mol. The minimum Gasteiger partial charge on any atom is -0.349 e. The Morgan fingerprint density at radius 2 is 1.72 bits per heavy atom. The Bertz CT molecular complexity index is 859. The molecule has 4 aliphatic carbocycles. The smallest absolute Gasteiger partial charge is 0.251 e. The highest BCUT2D eigenvalue weighted by atomic mass is 16.1. The van der Waals surface area contributed by atoms with Crippen LogP contribution < -0.4 is 5.32 Å². The Morgan fingerprint density at radius 3 is 2.52 bits per heavy atom. The van der Waals surface area contributed by atoms with Gasteiger partial charge in [0.05, 0.1) is 0 Å². The molecule has 0 spiro atoms. The maximum absolute atomic E-state index is 12.6. The third kappa shape index (κ3) is 2.92. The van der Waals surface area contributed by atoms with Crippen molar-refractivity contribution in [2.45, 2.75) is 71.3 Å². The number of carbonyl (C=O) groups is 2. The maximum Gasteiger partial charge on any atom is 0.251 e. The minimum absolute atomic E-state index is 0.0476. The number of nitrogens with one attached hydrogen (secondary N) is 1. The van der Waals surface area contributed by atoms with Gasteiger partial charge in [-0.25, -0.2) is 0 Å². The van der Waals surface area contributed by atoms with Crippen LogP contribution >= 0.6 is 0 Å². The van der Waals surface area contributed by atoms with Crippen LogP contribution in [0, 0.1) is 28.6 Å². The van der Waals surface area contributed by atoms with Crippen LogP contribution in [0.15, 0.2) is 42.0 Å². The van der Waals surface area contributed by atoms with Gasteiger partial charge in [-0.3, -0.25) is 9.59 Å². The van der Waals surface area contributed by atoms with Gasteiger partial charge < -0.3 is 5.32 Å². The van der Waals surface area contributed by atoms with Crippen molar-refractivity contribution < 1.29 is 9.59 Å². The highest BCUT2D eigenvalue weighted by molar-refractivity contribution is 5.94. The lowest BCUT2D eigenvalue weighted by atomic mass is 9.48. The summed E-state index contributed by atoms with van der Waals surface area (Å²) in [6.45, 7) is 4.73.